The molecule has 5 nitrogen and oxygen atoms in total. The number of hydrogen-bond acceptors (Lipinski definition) is 5. The van der Waals surface area contributed by atoms with Crippen LogP contribution in [0.15, 0.2) is 0 Å². The molecule has 1 fully saturated rings. The summed E-state index contributed by atoms with van der Waals surface area (Å²) in [5.41, 5.74) is 5.23. The van der Waals surface area contributed by atoms with E-state index in [4.69, 9.17) is 21.1 Å². The van der Waals surface area contributed by atoms with Crippen LogP contribution in [0, 0.1) is 0 Å². The molecule has 0 saturated carbocycles. The van der Waals surface area contributed by atoms with Crippen molar-refractivity contribution in [3.8, 4) is 0 Å². The maximum atomic E-state index is 9.00. The second kappa shape index (κ2) is 2.81. The van der Waals surface area contributed by atoms with Gasteiger partial charge in [0.1, 0.15) is 12.2 Å². The van der Waals surface area contributed by atoms with E-state index in [-0.39, 0.29) is 6.61 Å². The third-order valence-corrected chi connectivity index (χ3v) is 1.56. The fourth-order valence-electron chi connectivity index (χ4n) is 0.832. The minimum atomic E-state index is -1.17. The second-order valence-corrected chi connectivity index (χ2v) is 2.36. The molecular weight excluding hydrogens is 138 g/mol. The Hall–Kier alpha value is -0.200. The quantitative estimate of drug-likeness (QED) is 0.302. The van der Waals surface area contributed by atoms with E-state index in [1.165, 1.54) is 0 Å². The standard InChI is InChI=1S/C5H11NO4/c6-3-4(8)2(7)1-10-5(3)9/h2-5,7-9H,1,6H2/t2-,3-,4+,5?/m1/s1. The number of rotatable bonds is 0. The van der Waals surface area contributed by atoms with E-state index in [9.17, 15) is 0 Å². The van der Waals surface area contributed by atoms with Gasteiger partial charge in [0.2, 0.25) is 0 Å². The van der Waals surface area contributed by atoms with Gasteiger partial charge >= 0.3 is 0 Å². The molecular formula is C5H11NO4. The van der Waals surface area contributed by atoms with Crippen molar-refractivity contribution >= 4 is 0 Å². The van der Waals surface area contributed by atoms with Gasteiger partial charge in [0, 0.05) is 0 Å². The summed E-state index contributed by atoms with van der Waals surface area (Å²) < 4.78 is 4.59. The molecule has 1 aliphatic heterocycles. The van der Waals surface area contributed by atoms with Crippen LogP contribution in [-0.4, -0.2) is 46.5 Å². The Bertz CT molecular complexity index is 106. The highest BCUT2D eigenvalue weighted by Crippen LogP contribution is 2.10. The zero-order valence-corrected chi connectivity index (χ0v) is 5.34. The topological polar surface area (TPSA) is 95.9 Å². The molecule has 0 aromatic rings. The number of hydrogen-bond donors (Lipinski definition) is 4. The molecule has 1 rings (SSSR count). The maximum Gasteiger partial charge on any atom is 0.172 e. The van der Waals surface area contributed by atoms with Crippen molar-refractivity contribution < 1.29 is 20.1 Å². The Morgan fingerprint density at radius 2 is 1.90 bits per heavy atom. The average molecular weight is 149 g/mol. The smallest absolute Gasteiger partial charge is 0.172 e. The summed E-state index contributed by atoms with van der Waals surface area (Å²) in [4.78, 5) is 0. The predicted molar refractivity (Wildman–Crippen MR) is 31.9 cm³/mol. The zero-order valence-electron chi connectivity index (χ0n) is 5.34. The van der Waals surface area contributed by atoms with Crippen LogP contribution in [0.1, 0.15) is 0 Å². The highest BCUT2D eigenvalue weighted by atomic mass is 16.6. The van der Waals surface area contributed by atoms with Crippen molar-refractivity contribution in [2.24, 2.45) is 5.73 Å². The third-order valence-electron chi connectivity index (χ3n) is 1.56. The van der Waals surface area contributed by atoms with Crippen molar-refractivity contribution in [2.45, 2.75) is 24.5 Å². The van der Waals surface area contributed by atoms with Gasteiger partial charge in [0.15, 0.2) is 6.29 Å². The lowest BCUT2D eigenvalue weighted by Crippen LogP contribution is -2.57. The summed E-state index contributed by atoms with van der Waals surface area (Å²) >= 11 is 0. The summed E-state index contributed by atoms with van der Waals surface area (Å²) in [5, 5.41) is 26.7. The van der Waals surface area contributed by atoms with Crippen LogP contribution in [0.3, 0.4) is 0 Å². The lowest BCUT2D eigenvalue weighted by molar-refractivity contribution is -0.205. The molecule has 1 aliphatic rings. The van der Waals surface area contributed by atoms with E-state index in [0.29, 0.717) is 0 Å². The molecule has 60 valence electrons. The fourth-order valence-corrected chi connectivity index (χ4v) is 0.832. The van der Waals surface area contributed by atoms with Gasteiger partial charge < -0.3 is 25.8 Å². The Morgan fingerprint density at radius 1 is 1.30 bits per heavy atom. The molecule has 0 bridgehead atoms. The molecule has 5 heteroatoms. The first-order valence-electron chi connectivity index (χ1n) is 3.04. The number of nitrogens with two attached hydrogens (primary N) is 1. The summed E-state index contributed by atoms with van der Waals surface area (Å²) in [6, 6.07) is -0.913. The first kappa shape index (κ1) is 7.90. The zero-order chi connectivity index (χ0) is 7.72. The van der Waals surface area contributed by atoms with Gasteiger partial charge in [-0.15, -0.1) is 0 Å². The van der Waals surface area contributed by atoms with Crippen molar-refractivity contribution in [3.05, 3.63) is 0 Å². The van der Waals surface area contributed by atoms with Gasteiger partial charge in [-0.05, 0) is 0 Å². The summed E-state index contributed by atoms with van der Waals surface area (Å²) in [6.07, 6.45) is -3.25. The molecule has 0 aromatic carbocycles. The molecule has 5 N–H and O–H groups in total. The summed E-state index contributed by atoms with van der Waals surface area (Å²) in [5.74, 6) is 0. The molecule has 0 spiro atoms. The van der Waals surface area contributed by atoms with Crippen LogP contribution in [-0.2, 0) is 4.74 Å². The van der Waals surface area contributed by atoms with E-state index in [1.807, 2.05) is 0 Å². The van der Waals surface area contributed by atoms with E-state index in [2.05, 4.69) is 4.74 Å². The van der Waals surface area contributed by atoms with Crippen LogP contribution in [0.2, 0.25) is 0 Å². The monoisotopic (exact) mass is 149 g/mol. The maximum absolute atomic E-state index is 9.00. The average Bonchev–Trinajstić information content (AvgIpc) is 1.93. The molecule has 1 unspecified atom stereocenters. The number of ether oxygens (including phenoxy) is 1. The first-order chi connectivity index (χ1) is 4.63. The van der Waals surface area contributed by atoms with Crippen LogP contribution in [0.5, 0.6) is 0 Å². The predicted octanol–water partition coefficient (Wildman–Crippen LogP) is -2.62. The molecule has 0 aromatic heterocycles. The highest BCUT2D eigenvalue weighted by Gasteiger charge is 2.34. The number of aliphatic hydroxyl groups excluding tert-OH is 3. The second-order valence-electron chi connectivity index (χ2n) is 2.36. The SMILES string of the molecule is N[C@H]1C(O)OC[C@@H](O)[C@@H]1O. The largest absolute Gasteiger partial charge is 0.389 e. The molecule has 0 radical (unpaired) electrons. The van der Waals surface area contributed by atoms with Gasteiger partial charge in [0.25, 0.3) is 0 Å². The minimum Gasteiger partial charge on any atom is -0.389 e. The lowest BCUT2D eigenvalue weighted by Gasteiger charge is -2.32. The van der Waals surface area contributed by atoms with Crippen molar-refractivity contribution in [1.29, 1.82) is 0 Å². The van der Waals surface area contributed by atoms with Crippen LogP contribution in [0.4, 0.5) is 0 Å². The van der Waals surface area contributed by atoms with Gasteiger partial charge in [-0.25, -0.2) is 0 Å². The van der Waals surface area contributed by atoms with Crippen molar-refractivity contribution in [1.82, 2.24) is 0 Å². The van der Waals surface area contributed by atoms with Gasteiger partial charge in [-0.2, -0.15) is 0 Å². The molecule has 0 aliphatic carbocycles. The van der Waals surface area contributed by atoms with Crippen molar-refractivity contribution in [3.63, 3.8) is 0 Å². The molecule has 1 heterocycles. The molecule has 10 heavy (non-hydrogen) atoms. The summed E-state index contributed by atoms with van der Waals surface area (Å²) in [6.45, 7) is -0.0734. The van der Waals surface area contributed by atoms with Crippen LogP contribution >= 0.6 is 0 Å². The highest BCUT2D eigenvalue weighted by molar-refractivity contribution is 4.84. The van der Waals surface area contributed by atoms with Gasteiger partial charge in [0.05, 0.1) is 12.6 Å². The van der Waals surface area contributed by atoms with Crippen molar-refractivity contribution in [2.75, 3.05) is 6.61 Å². The minimum absolute atomic E-state index is 0.0734. The Kier molecular flexibility index (Phi) is 2.22. The van der Waals surface area contributed by atoms with E-state index in [1.54, 1.807) is 0 Å². The first-order valence-corrected chi connectivity index (χ1v) is 3.04. The van der Waals surface area contributed by atoms with Crippen LogP contribution in [0.25, 0.3) is 0 Å². The Balaban J connectivity index is 2.52. The van der Waals surface area contributed by atoms with Gasteiger partial charge in [-0.1, -0.05) is 0 Å². The van der Waals surface area contributed by atoms with E-state index >= 15 is 0 Å². The molecule has 1 saturated heterocycles. The summed E-state index contributed by atoms with van der Waals surface area (Å²) in [7, 11) is 0. The van der Waals surface area contributed by atoms with E-state index < -0.39 is 24.5 Å². The third kappa shape index (κ3) is 1.28. The fraction of sp³-hybridized carbons (Fsp3) is 1.00. The normalized spacial score (nSPS) is 49.2. The Labute approximate surface area is 58.0 Å². The van der Waals surface area contributed by atoms with Crippen LogP contribution < -0.4 is 5.73 Å². The molecule has 0 amide bonds. The number of aliphatic hydroxyl groups is 3. The molecule has 4 atom stereocenters. The van der Waals surface area contributed by atoms with Gasteiger partial charge in [-0.3, -0.25) is 0 Å². The van der Waals surface area contributed by atoms with E-state index in [0.717, 1.165) is 0 Å². The Morgan fingerprint density at radius 3 is 2.40 bits per heavy atom. The lowest BCUT2D eigenvalue weighted by atomic mass is 10.0.